The highest BCUT2D eigenvalue weighted by molar-refractivity contribution is 5.09. The molecule has 0 aliphatic rings. The number of aryl methyl sites for hydroxylation is 2. The summed E-state index contributed by atoms with van der Waals surface area (Å²) in [5.74, 6) is 0.865. The maximum Gasteiger partial charge on any atom is 0.138 e. The van der Waals surface area contributed by atoms with Crippen LogP contribution in [0.3, 0.4) is 0 Å². The predicted octanol–water partition coefficient (Wildman–Crippen LogP) is 1.62. The van der Waals surface area contributed by atoms with E-state index in [-0.39, 0.29) is 6.10 Å². The molecule has 5 heteroatoms. The van der Waals surface area contributed by atoms with Gasteiger partial charge in [-0.1, -0.05) is 6.92 Å². The van der Waals surface area contributed by atoms with E-state index in [4.69, 9.17) is 0 Å². The van der Waals surface area contributed by atoms with Crippen LogP contribution >= 0.6 is 0 Å². The number of hydrogen-bond acceptors (Lipinski definition) is 4. The van der Waals surface area contributed by atoms with Gasteiger partial charge in [-0.25, -0.2) is 4.98 Å². The van der Waals surface area contributed by atoms with Crippen molar-refractivity contribution in [1.29, 1.82) is 0 Å². The van der Waals surface area contributed by atoms with Crippen LogP contribution < -0.4 is 0 Å². The number of rotatable bonds is 7. The summed E-state index contributed by atoms with van der Waals surface area (Å²) in [5, 5.41) is 14.2. The molecule has 1 N–H and O–H groups in total. The van der Waals surface area contributed by atoms with Gasteiger partial charge >= 0.3 is 0 Å². The van der Waals surface area contributed by atoms with Crippen LogP contribution in [0.5, 0.6) is 0 Å². The molecule has 0 aliphatic heterocycles. The van der Waals surface area contributed by atoms with Gasteiger partial charge in [-0.2, -0.15) is 5.10 Å². The van der Waals surface area contributed by atoms with Crippen molar-refractivity contribution in [2.45, 2.75) is 45.3 Å². The first-order valence-corrected chi connectivity index (χ1v) is 6.73. The van der Waals surface area contributed by atoms with E-state index in [1.54, 1.807) is 18.7 Å². The topological polar surface area (TPSA) is 63.8 Å². The average molecular weight is 260 g/mol. The van der Waals surface area contributed by atoms with Crippen molar-refractivity contribution in [3.63, 3.8) is 0 Å². The van der Waals surface area contributed by atoms with Crippen molar-refractivity contribution in [1.82, 2.24) is 19.7 Å². The van der Waals surface area contributed by atoms with E-state index >= 15 is 0 Å². The van der Waals surface area contributed by atoms with E-state index in [1.165, 1.54) is 5.56 Å². The molecule has 0 radical (unpaired) electrons. The minimum Gasteiger partial charge on any atom is -0.393 e. The highest BCUT2D eigenvalue weighted by atomic mass is 16.3. The van der Waals surface area contributed by atoms with Gasteiger partial charge in [-0.3, -0.25) is 9.67 Å². The van der Waals surface area contributed by atoms with E-state index in [9.17, 15) is 5.11 Å². The molecule has 19 heavy (non-hydrogen) atoms. The third-order valence-corrected chi connectivity index (χ3v) is 3.06. The Balaban J connectivity index is 1.84. The third-order valence-electron chi connectivity index (χ3n) is 3.06. The number of hydrogen-bond donors (Lipinski definition) is 1. The number of aliphatic hydroxyl groups excluding tert-OH is 1. The van der Waals surface area contributed by atoms with Gasteiger partial charge in [0.15, 0.2) is 0 Å². The van der Waals surface area contributed by atoms with Gasteiger partial charge in [0.1, 0.15) is 12.2 Å². The molecule has 2 heterocycles. The maximum atomic E-state index is 10.1. The second-order valence-electron chi connectivity index (χ2n) is 4.65. The molecule has 0 aliphatic carbocycles. The Morgan fingerprint density at radius 1 is 1.32 bits per heavy atom. The first kappa shape index (κ1) is 13.7. The van der Waals surface area contributed by atoms with Crippen LogP contribution in [0, 0.1) is 0 Å². The van der Waals surface area contributed by atoms with Crippen molar-refractivity contribution < 1.29 is 5.11 Å². The van der Waals surface area contributed by atoms with Crippen LogP contribution in [0.2, 0.25) is 0 Å². The molecule has 0 spiro atoms. The van der Waals surface area contributed by atoms with Crippen LogP contribution in [0.4, 0.5) is 0 Å². The van der Waals surface area contributed by atoms with Crippen LogP contribution in [0.15, 0.2) is 30.9 Å². The summed E-state index contributed by atoms with van der Waals surface area (Å²) in [6, 6.07) is 3.96. The summed E-state index contributed by atoms with van der Waals surface area (Å²) in [4.78, 5) is 8.19. The summed E-state index contributed by atoms with van der Waals surface area (Å²) in [6.07, 6.45) is 7.89. The fourth-order valence-corrected chi connectivity index (χ4v) is 2.04. The van der Waals surface area contributed by atoms with Gasteiger partial charge in [-0.05, 0) is 37.0 Å². The Kier molecular flexibility index (Phi) is 5.03. The molecule has 1 unspecified atom stereocenters. The van der Waals surface area contributed by atoms with Gasteiger partial charge in [-0.15, -0.1) is 0 Å². The van der Waals surface area contributed by atoms with E-state index in [0.29, 0.717) is 6.42 Å². The van der Waals surface area contributed by atoms with Crippen LogP contribution in [0.25, 0.3) is 0 Å². The van der Waals surface area contributed by atoms with Crippen molar-refractivity contribution in [3.8, 4) is 0 Å². The molecule has 0 fully saturated rings. The Hall–Kier alpha value is -1.75. The molecule has 0 aromatic carbocycles. The average Bonchev–Trinajstić information content (AvgIpc) is 2.85. The summed E-state index contributed by atoms with van der Waals surface area (Å²) in [5.41, 5.74) is 1.20. The molecule has 0 bridgehead atoms. The molecule has 0 saturated heterocycles. The zero-order valence-corrected chi connectivity index (χ0v) is 11.2. The predicted molar refractivity (Wildman–Crippen MR) is 72.6 cm³/mol. The highest BCUT2D eigenvalue weighted by Gasteiger charge is 2.11. The summed E-state index contributed by atoms with van der Waals surface area (Å²) in [6.45, 7) is 2.96. The molecule has 102 valence electrons. The van der Waals surface area contributed by atoms with E-state index < -0.39 is 0 Å². The van der Waals surface area contributed by atoms with Crippen LogP contribution in [-0.2, 0) is 19.4 Å². The van der Waals surface area contributed by atoms with Crippen LogP contribution in [0.1, 0.15) is 31.2 Å². The molecular weight excluding hydrogens is 240 g/mol. The molecular formula is C14H20N4O. The number of nitrogens with zero attached hydrogens (tertiary/aromatic N) is 4. The zero-order chi connectivity index (χ0) is 13.5. The van der Waals surface area contributed by atoms with Crippen molar-refractivity contribution in [2.75, 3.05) is 0 Å². The summed E-state index contributed by atoms with van der Waals surface area (Å²) >= 11 is 0. The smallest absolute Gasteiger partial charge is 0.138 e. The monoisotopic (exact) mass is 260 g/mol. The van der Waals surface area contributed by atoms with Crippen molar-refractivity contribution in [3.05, 3.63) is 42.2 Å². The number of aliphatic hydroxyl groups is 1. The SMILES string of the molecule is CCCn1ncnc1CC(O)CCc1ccncc1. The van der Waals surface area contributed by atoms with E-state index in [0.717, 1.165) is 31.6 Å². The Morgan fingerprint density at radius 2 is 2.11 bits per heavy atom. The largest absolute Gasteiger partial charge is 0.393 e. The van der Waals surface area contributed by atoms with E-state index in [1.807, 2.05) is 16.8 Å². The Morgan fingerprint density at radius 3 is 2.84 bits per heavy atom. The summed E-state index contributed by atoms with van der Waals surface area (Å²) < 4.78 is 1.87. The van der Waals surface area contributed by atoms with Gasteiger partial charge in [0.05, 0.1) is 6.10 Å². The molecule has 2 aromatic rings. The van der Waals surface area contributed by atoms with E-state index in [2.05, 4.69) is 22.0 Å². The lowest BCUT2D eigenvalue weighted by Crippen LogP contribution is -2.16. The van der Waals surface area contributed by atoms with Gasteiger partial charge in [0.25, 0.3) is 0 Å². The first-order chi connectivity index (χ1) is 9.29. The minimum atomic E-state index is -0.382. The number of aromatic nitrogens is 4. The third kappa shape index (κ3) is 4.13. The quantitative estimate of drug-likeness (QED) is 0.821. The minimum absolute atomic E-state index is 0.382. The lowest BCUT2D eigenvalue weighted by Gasteiger charge is -2.11. The molecule has 2 aromatic heterocycles. The molecule has 5 nitrogen and oxygen atoms in total. The second-order valence-corrected chi connectivity index (χ2v) is 4.65. The van der Waals surface area contributed by atoms with Crippen molar-refractivity contribution in [2.24, 2.45) is 0 Å². The molecule has 2 rings (SSSR count). The lowest BCUT2D eigenvalue weighted by molar-refractivity contribution is 0.161. The zero-order valence-electron chi connectivity index (χ0n) is 11.2. The lowest BCUT2D eigenvalue weighted by atomic mass is 10.1. The molecule has 0 saturated carbocycles. The Bertz CT molecular complexity index is 483. The molecule has 1 atom stereocenters. The fourth-order valence-electron chi connectivity index (χ4n) is 2.04. The first-order valence-electron chi connectivity index (χ1n) is 6.73. The van der Waals surface area contributed by atoms with Gasteiger partial charge in [0.2, 0.25) is 0 Å². The summed E-state index contributed by atoms with van der Waals surface area (Å²) in [7, 11) is 0. The maximum absolute atomic E-state index is 10.1. The number of pyridine rings is 1. The standard InChI is InChI=1S/C14H20N4O/c1-2-9-18-14(16-11-17-18)10-13(19)4-3-12-5-7-15-8-6-12/h5-8,11,13,19H,2-4,9-10H2,1H3. The highest BCUT2D eigenvalue weighted by Crippen LogP contribution is 2.08. The van der Waals surface area contributed by atoms with Crippen LogP contribution in [-0.4, -0.2) is 31.0 Å². The normalized spacial score (nSPS) is 12.5. The second kappa shape index (κ2) is 6.99. The van der Waals surface area contributed by atoms with Crippen molar-refractivity contribution >= 4 is 0 Å². The van der Waals surface area contributed by atoms with Gasteiger partial charge in [0, 0.05) is 25.4 Å². The molecule has 0 amide bonds. The Labute approximate surface area is 113 Å². The fraction of sp³-hybridized carbons (Fsp3) is 0.500. The van der Waals surface area contributed by atoms with Gasteiger partial charge < -0.3 is 5.11 Å².